The van der Waals surface area contributed by atoms with Gasteiger partial charge >= 0.3 is 0 Å². The maximum absolute atomic E-state index is 12.5. The van der Waals surface area contributed by atoms with Crippen molar-refractivity contribution < 1.29 is 4.79 Å². The Morgan fingerprint density at radius 3 is 2.72 bits per heavy atom. The van der Waals surface area contributed by atoms with Crippen LogP contribution in [0.15, 0.2) is 41.9 Å². The topological polar surface area (TPSA) is 71.0 Å². The van der Waals surface area contributed by atoms with E-state index in [9.17, 15) is 4.79 Å². The molecule has 0 radical (unpaired) electrons. The first kappa shape index (κ1) is 16.2. The summed E-state index contributed by atoms with van der Waals surface area (Å²) >= 11 is 2.72. The van der Waals surface area contributed by atoms with Gasteiger partial charge in [0.2, 0.25) is 0 Å². The average molecular weight is 371 g/mol. The molecule has 1 aliphatic heterocycles. The fraction of sp³-hybridized carbons (Fsp3) is 0.294. The number of amides is 1. The SMILES string of the molecule is O=C(NC1CCN(c2cnsn2)CC1)c1csc(-c2ccccc2)n1. The highest BCUT2D eigenvalue weighted by atomic mass is 32.1. The van der Waals surface area contributed by atoms with E-state index in [1.807, 2.05) is 35.7 Å². The Morgan fingerprint density at radius 2 is 2.00 bits per heavy atom. The predicted molar refractivity (Wildman–Crippen MR) is 100 cm³/mol. The van der Waals surface area contributed by atoms with Crippen LogP contribution in [0.1, 0.15) is 23.3 Å². The molecular weight excluding hydrogens is 354 g/mol. The van der Waals surface area contributed by atoms with Crippen molar-refractivity contribution in [2.45, 2.75) is 18.9 Å². The van der Waals surface area contributed by atoms with Crippen LogP contribution in [0.5, 0.6) is 0 Å². The van der Waals surface area contributed by atoms with E-state index in [-0.39, 0.29) is 11.9 Å². The van der Waals surface area contributed by atoms with Gasteiger partial charge < -0.3 is 10.2 Å². The Hall–Kier alpha value is -2.32. The first-order valence-corrected chi connectivity index (χ1v) is 9.75. The van der Waals surface area contributed by atoms with E-state index in [2.05, 4.69) is 23.9 Å². The van der Waals surface area contributed by atoms with Gasteiger partial charge in [0, 0.05) is 30.1 Å². The molecule has 8 heteroatoms. The lowest BCUT2D eigenvalue weighted by atomic mass is 10.1. The number of thiazole rings is 1. The van der Waals surface area contributed by atoms with Crippen molar-refractivity contribution in [1.82, 2.24) is 19.0 Å². The lowest BCUT2D eigenvalue weighted by molar-refractivity contribution is 0.0927. The van der Waals surface area contributed by atoms with Gasteiger partial charge in [-0.05, 0) is 12.8 Å². The third-order valence-electron chi connectivity index (χ3n) is 4.26. The van der Waals surface area contributed by atoms with Crippen LogP contribution in [0.2, 0.25) is 0 Å². The number of rotatable bonds is 4. The fourth-order valence-electron chi connectivity index (χ4n) is 2.90. The number of nitrogens with zero attached hydrogens (tertiary/aromatic N) is 4. The van der Waals surface area contributed by atoms with E-state index >= 15 is 0 Å². The molecule has 0 atom stereocenters. The summed E-state index contributed by atoms with van der Waals surface area (Å²) in [7, 11) is 0. The molecule has 0 bridgehead atoms. The minimum atomic E-state index is -0.0905. The summed E-state index contributed by atoms with van der Waals surface area (Å²) in [6, 6.07) is 10.1. The Morgan fingerprint density at radius 1 is 1.20 bits per heavy atom. The lowest BCUT2D eigenvalue weighted by Gasteiger charge is -2.32. The second-order valence-electron chi connectivity index (χ2n) is 5.90. The number of aromatic nitrogens is 3. The Bertz CT molecular complexity index is 826. The van der Waals surface area contributed by atoms with Gasteiger partial charge in [0.25, 0.3) is 5.91 Å². The van der Waals surface area contributed by atoms with Gasteiger partial charge in [0.1, 0.15) is 10.7 Å². The fourth-order valence-corrected chi connectivity index (χ4v) is 4.14. The van der Waals surface area contributed by atoms with Gasteiger partial charge in [0.15, 0.2) is 5.82 Å². The van der Waals surface area contributed by atoms with Crippen LogP contribution >= 0.6 is 23.1 Å². The van der Waals surface area contributed by atoms with Crippen molar-refractivity contribution in [2.75, 3.05) is 18.0 Å². The zero-order valence-electron chi connectivity index (χ0n) is 13.5. The summed E-state index contributed by atoms with van der Waals surface area (Å²) < 4.78 is 8.31. The maximum Gasteiger partial charge on any atom is 0.270 e. The average Bonchev–Trinajstić information content (AvgIpc) is 3.35. The zero-order valence-corrected chi connectivity index (χ0v) is 15.1. The molecule has 0 unspecified atom stereocenters. The van der Waals surface area contributed by atoms with Crippen LogP contribution in [0.4, 0.5) is 5.82 Å². The second-order valence-corrected chi connectivity index (χ2v) is 7.32. The van der Waals surface area contributed by atoms with Crippen molar-refractivity contribution in [3.05, 3.63) is 47.6 Å². The first-order valence-electron chi connectivity index (χ1n) is 8.14. The van der Waals surface area contributed by atoms with Crippen LogP contribution in [-0.2, 0) is 0 Å². The molecule has 3 aromatic rings. The van der Waals surface area contributed by atoms with Crippen LogP contribution in [0.25, 0.3) is 10.6 Å². The molecular formula is C17H17N5OS2. The zero-order chi connectivity index (χ0) is 17.1. The number of carbonyl (C=O) groups is 1. The summed E-state index contributed by atoms with van der Waals surface area (Å²) in [6.45, 7) is 1.76. The van der Waals surface area contributed by atoms with Gasteiger partial charge in [-0.3, -0.25) is 4.79 Å². The summed E-state index contributed by atoms with van der Waals surface area (Å²) in [5.41, 5.74) is 1.53. The molecule has 128 valence electrons. The van der Waals surface area contributed by atoms with Crippen molar-refractivity contribution in [3.8, 4) is 10.6 Å². The van der Waals surface area contributed by atoms with Crippen LogP contribution in [0, 0.1) is 0 Å². The normalized spacial score (nSPS) is 15.3. The minimum Gasteiger partial charge on any atom is -0.354 e. The first-order chi connectivity index (χ1) is 12.3. The minimum absolute atomic E-state index is 0.0905. The largest absolute Gasteiger partial charge is 0.354 e. The highest BCUT2D eigenvalue weighted by Crippen LogP contribution is 2.23. The predicted octanol–water partition coefficient (Wildman–Crippen LogP) is 3.06. The highest BCUT2D eigenvalue weighted by Gasteiger charge is 2.23. The van der Waals surface area contributed by atoms with Crippen molar-refractivity contribution in [3.63, 3.8) is 0 Å². The quantitative estimate of drug-likeness (QED) is 0.763. The summed E-state index contributed by atoms with van der Waals surface area (Å²) in [5, 5.41) is 5.81. The smallest absolute Gasteiger partial charge is 0.270 e. The molecule has 1 saturated heterocycles. The molecule has 0 aliphatic carbocycles. The van der Waals surface area contributed by atoms with Crippen molar-refractivity contribution >= 4 is 34.8 Å². The van der Waals surface area contributed by atoms with E-state index in [0.29, 0.717) is 5.69 Å². The van der Waals surface area contributed by atoms with E-state index < -0.39 is 0 Å². The summed E-state index contributed by atoms with van der Waals surface area (Å²) in [6.07, 6.45) is 3.60. The van der Waals surface area contributed by atoms with Crippen LogP contribution in [-0.4, -0.2) is 38.8 Å². The number of nitrogens with one attached hydrogen (secondary N) is 1. The molecule has 2 aromatic heterocycles. The van der Waals surface area contributed by atoms with Gasteiger partial charge in [-0.15, -0.1) is 11.3 Å². The third kappa shape index (κ3) is 3.69. The monoisotopic (exact) mass is 371 g/mol. The van der Waals surface area contributed by atoms with Crippen molar-refractivity contribution in [2.24, 2.45) is 0 Å². The maximum atomic E-state index is 12.5. The standard InChI is InChI=1S/C17H17N5OS2/c23-16(14-11-24-17(20-14)12-4-2-1-3-5-12)19-13-6-8-22(9-7-13)15-10-18-25-21-15/h1-5,10-11,13H,6-9H2,(H,19,23). The molecule has 1 N–H and O–H groups in total. The number of benzene rings is 1. The molecule has 4 rings (SSSR count). The Labute approximate surface area is 153 Å². The van der Waals surface area contributed by atoms with E-state index in [1.54, 1.807) is 6.20 Å². The van der Waals surface area contributed by atoms with E-state index in [4.69, 9.17) is 0 Å². The van der Waals surface area contributed by atoms with Gasteiger partial charge in [0.05, 0.1) is 17.9 Å². The van der Waals surface area contributed by atoms with E-state index in [1.165, 1.54) is 23.1 Å². The molecule has 0 saturated carbocycles. The number of hydrogen-bond donors (Lipinski definition) is 1. The third-order valence-corrected chi connectivity index (χ3v) is 5.62. The molecule has 1 aliphatic rings. The van der Waals surface area contributed by atoms with Crippen LogP contribution < -0.4 is 10.2 Å². The molecule has 1 fully saturated rings. The summed E-state index contributed by atoms with van der Waals surface area (Å²) in [4.78, 5) is 19.2. The molecule has 1 amide bonds. The molecule has 0 spiro atoms. The van der Waals surface area contributed by atoms with E-state index in [0.717, 1.165) is 42.3 Å². The second kappa shape index (κ2) is 7.28. The molecule has 3 heterocycles. The van der Waals surface area contributed by atoms with Gasteiger partial charge in [-0.2, -0.15) is 8.75 Å². The van der Waals surface area contributed by atoms with Crippen LogP contribution in [0.3, 0.4) is 0 Å². The molecule has 1 aromatic carbocycles. The number of piperidine rings is 1. The van der Waals surface area contributed by atoms with Gasteiger partial charge in [-0.25, -0.2) is 4.98 Å². The Balaban J connectivity index is 1.35. The molecule has 6 nitrogen and oxygen atoms in total. The lowest BCUT2D eigenvalue weighted by Crippen LogP contribution is -2.44. The Kier molecular flexibility index (Phi) is 4.71. The molecule has 25 heavy (non-hydrogen) atoms. The number of carbonyl (C=O) groups excluding carboxylic acids is 1. The van der Waals surface area contributed by atoms with Gasteiger partial charge in [-0.1, -0.05) is 30.3 Å². The summed E-state index contributed by atoms with van der Waals surface area (Å²) in [5.74, 6) is 0.842. The highest BCUT2D eigenvalue weighted by molar-refractivity contribution is 7.13. The van der Waals surface area contributed by atoms with Crippen molar-refractivity contribution in [1.29, 1.82) is 0 Å². The number of anilines is 1. The number of hydrogen-bond acceptors (Lipinski definition) is 7.